The van der Waals surface area contributed by atoms with E-state index in [-0.39, 0.29) is 32.1 Å². The van der Waals surface area contributed by atoms with Crippen LogP contribution in [0.15, 0.2) is 30.5 Å². The first kappa shape index (κ1) is 33.7. The fourth-order valence-corrected chi connectivity index (χ4v) is 4.30. The Morgan fingerprint density at radius 3 is 2.00 bits per heavy atom. The van der Waals surface area contributed by atoms with Crippen molar-refractivity contribution in [1.29, 1.82) is 0 Å². The minimum atomic E-state index is -1.45. The van der Waals surface area contributed by atoms with Crippen molar-refractivity contribution in [3.8, 4) is 0 Å². The molecule has 0 saturated heterocycles. The number of nitrogens with one attached hydrogen (secondary N) is 4. The van der Waals surface area contributed by atoms with Gasteiger partial charge in [0.05, 0.1) is 6.04 Å². The van der Waals surface area contributed by atoms with Gasteiger partial charge in [-0.05, 0) is 56.7 Å². The summed E-state index contributed by atoms with van der Waals surface area (Å²) >= 11 is 0. The van der Waals surface area contributed by atoms with E-state index in [0.717, 1.165) is 16.5 Å². The zero-order chi connectivity index (χ0) is 31.2. The number of carboxylic acids is 2. The van der Waals surface area contributed by atoms with Crippen LogP contribution in [0, 0.1) is 0 Å². The molecule has 0 radical (unpaired) electrons. The maximum atomic E-state index is 13.2. The number of amides is 4. The van der Waals surface area contributed by atoms with Crippen LogP contribution >= 0.6 is 0 Å². The van der Waals surface area contributed by atoms with Crippen LogP contribution in [0.1, 0.15) is 50.5 Å². The van der Waals surface area contributed by atoms with Gasteiger partial charge in [0, 0.05) is 29.9 Å². The fourth-order valence-electron chi connectivity index (χ4n) is 4.30. The van der Waals surface area contributed by atoms with Crippen molar-refractivity contribution in [3.05, 3.63) is 36.0 Å². The van der Waals surface area contributed by atoms with E-state index < -0.39 is 66.2 Å². The number of fused-ring (bicyclic) bond motifs is 1. The van der Waals surface area contributed by atoms with Gasteiger partial charge in [0.1, 0.15) is 18.1 Å². The van der Waals surface area contributed by atoms with Crippen molar-refractivity contribution < 1.29 is 39.0 Å². The molecule has 2 aromatic rings. The average Bonchev–Trinajstić information content (AvgIpc) is 3.34. The van der Waals surface area contributed by atoms with Crippen LogP contribution in [-0.2, 0) is 35.2 Å². The van der Waals surface area contributed by atoms with E-state index in [9.17, 15) is 33.9 Å². The predicted octanol–water partition coefficient (Wildman–Crippen LogP) is -1.16. The highest BCUT2D eigenvalue weighted by atomic mass is 16.4. The molecular formula is C27H39N7O8. The summed E-state index contributed by atoms with van der Waals surface area (Å²) in [6.07, 6.45) is 1.48. The maximum Gasteiger partial charge on any atom is 0.326 e. The Bertz CT molecular complexity index is 1260. The highest BCUT2D eigenvalue weighted by Gasteiger charge is 2.31. The standard InChI is InChI=1S/C27H39N7O8/c28-12-4-3-7-21(27(41)42)34-26(40)20(9-11-23(36)37)33-25(39)19(8-10-22(30)35)32-24(38)17(29)13-15-14-31-18-6-2-1-5-16(15)18/h1-2,5-6,14,17,19-21,31H,3-4,7-13,28-29H2,(H2,30,35)(H,32,38)(H,33,39)(H,34,40)(H,36,37)(H,41,42). The lowest BCUT2D eigenvalue weighted by atomic mass is 10.0. The van der Waals surface area contributed by atoms with Gasteiger partial charge >= 0.3 is 11.9 Å². The number of hydrogen-bond acceptors (Lipinski definition) is 8. The molecule has 0 aliphatic rings. The molecule has 1 heterocycles. The number of para-hydroxylation sites is 1. The molecule has 0 fully saturated rings. The van der Waals surface area contributed by atoms with Crippen LogP contribution in [0.2, 0.25) is 0 Å². The third kappa shape index (κ3) is 10.8. The molecule has 4 unspecified atom stereocenters. The highest BCUT2D eigenvalue weighted by molar-refractivity contribution is 5.95. The Hall–Kier alpha value is -4.50. The zero-order valence-corrected chi connectivity index (χ0v) is 23.1. The van der Waals surface area contributed by atoms with Crippen molar-refractivity contribution >= 4 is 46.5 Å². The largest absolute Gasteiger partial charge is 0.481 e. The third-order valence-corrected chi connectivity index (χ3v) is 6.61. The lowest BCUT2D eigenvalue weighted by molar-refractivity contribution is -0.143. The van der Waals surface area contributed by atoms with Crippen molar-refractivity contribution in [3.63, 3.8) is 0 Å². The number of benzene rings is 1. The summed E-state index contributed by atoms with van der Waals surface area (Å²) in [5.74, 6) is -5.82. The predicted molar refractivity (Wildman–Crippen MR) is 152 cm³/mol. The molecule has 1 aromatic heterocycles. The summed E-state index contributed by atoms with van der Waals surface area (Å²) in [6, 6.07) is 2.26. The van der Waals surface area contributed by atoms with Crippen LogP contribution in [0.3, 0.4) is 0 Å². The van der Waals surface area contributed by atoms with Gasteiger partial charge in [-0.1, -0.05) is 18.2 Å². The molecule has 2 rings (SSSR count). The van der Waals surface area contributed by atoms with Crippen LogP contribution in [0.4, 0.5) is 0 Å². The molecule has 0 aliphatic carbocycles. The molecule has 12 N–H and O–H groups in total. The minimum absolute atomic E-state index is 0.0729. The van der Waals surface area contributed by atoms with Gasteiger partial charge in [-0.2, -0.15) is 0 Å². The quantitative estimate of drug-likeness (QED) is 0.0886. The topological polar surface area (TPSA) is 273 Å². The number of carbonyl (C=O) groups is 6. The number of aromatic amines is 1. The number of nitrogens with two attached hydrogens (primary N) is 3. The van der Waals surface area contributed by atoms with Crippen LogP contribution < -0.4 is 33.2 Å². The Balaban J connectivity index is 2.15. The Morgan fingerprint density at radius 2 is 1.40 bits per heavy atom. The summed E-state index contributed by atoms with van der Waals surface area (Å²) in [4.78, 5) is 76.5. The summed E-state index contributed by atoms with van der Waals surface area (Å²) in [5, 5.41) is 26.7. The molecule has 230 valence electrons. The van der Waals surface area contributed by atoms with E-state index in [0.29, 0.717) is 19.4 Å². The maximum absolute atomic E-state index is 13.2. The molecule has 15 heteroatoms. The van der Waals surface area contributed by atoms with Gasteiger partial charge in [-0.25, -0.2) is 4.79 Å². The first-order valence-corrected chi connectivity index (χ1v) is 13.6. The lowest BCUT2D eigenvalue weighted by Gasteiger charge is -2.25. The van der Waals surface area contributed by atoms with Crippen molar-refractivity contribution in [1.82, 2.24) is 20.9 Å². The van der Waals surface area contributed by atoms with Crippen LogP contribution in [-0.4, -0.2) is 81.5 Å². The van der Waals surface area contributed by atoms with Gasteiger partial charge in [0.2, 0.25) is 23.6 Å². The number of rotatable bonds is 19. The lowest BCUT2D eigenvalue weighted by Crippen LogP contribution is -2.57. The minimum Gasteiger partial charge on any atom is -0.481 e. The van der Waals surface area contributed by atoms with Gasteiger partial charge < -0.3 is 48.3 Å². The molecule has 0 spiro atoms. The van der Waals surface area contributed by atoms with Crippen LogP contribution in [0.5, 0.6) is 0 Å². The monoisotopic (exact) mass is 589 g/mol. The number of carboxylic acid groups (broad SMARTS) is 2. The summed E-state index contributed by atoms with van der Waals surface area (Å²) in [7, 11) is 0. The first-order chi connectivity index (χ1) is 19.9. The van der Waals surface area contributed by atoms with E-state index in [1.54, 1.807) is 6.20 Å². The molecule has 4 amide bonds. The van der Waals surface area contributed by atoms with Gasteiger partial charge in [-0.3, -0.25) is 24.0 Å². The summed E-state index contributed by atoms with van der Waals surface area (Å²) in [5.41, 5.74) is 18.4. The number of H-pyrrole nitrogens is 1. The number of unbranched alkanes of at least 4 members (excludes halogenated alkanes) is 1. The van der Waals surface area contributed by atoms with Gasteiger partial charge in [0.25, 0.3) is 0 Å². The Kier molecular flexibility index (Phi) is 13.4. The highest BCUT2D eigenvalue weighted by Crippen LogP contribution is 2.19. The molecule has 15 nitrogen and oxygen atoms in total. The molecule has 0 aliphatic heterocycles. The second-order valence-electron chi connectivity index (χ2n) is 9.91. The third-order valence-electron chi connectivity index (χ3n) is 6.61. The second kappa shape index (κ2) is 16.7. The number of hydrogen-bond donors (Lipinski definition) is 9. The van der Waals surface area contributed by atoms with E-state index >= 15 is 0 Å². The Labute approximate surface area is 241 Å². The normalized spacial score (nSPS) is 13.9. The molecule has 4 atom stereocenters. The molecule has 1 aromatic carbocycles. The van der Waals surface area contributed by atoms with Crippen molar-refractivity contribution in [2.24, 2.45) is 17.2 Å². The van der Waals surface area contributed by atoms with Gasteiger partial charge in [0.15, 0.2) is 0 Å². The average molecular weight is 590 g/mol. The number of aliphatic carboxylic acids is 2. The SMILES string of the molecule is NCCCCC(NC(=O)C(CCC(=O)O)NC(=O)C(CCC(N)=O)NC(=O)C(N)Cc1c[nH]c2ccccc12)C(=O)O. The number of carbonyl (C=O) groups excluding carboxylic acids is 4. The van der Waals surface area contributed by atoms with E-state index in [2.05, 4.69) is 20.9 Å². The second-order valence-corrected chi connectivity index (χ2v) is 9.91. The zero-order valence-electron chi connectivity index (χ0n) is 23.1. The molecular weight excluding hydrogens is 550 g/mol. The number of primary amides is 1. The summed E-state index contributed by atoms with van der Waals surface area (Å²) in [6.45, 7) is 0.335. The molecule has 0 saturated carbocycles. The van der Waals surface area contributed by atoms with E-state index in [1.165, 1.54) is 0 Å². The van der Waals surface area contributed by atoms with Crippen LogP contribution in [0.25, 0.3) is 10.9 Å². The van der Waals surface area contributed by atoms with Crippen molar-refractivity contribution in [2.75, 3.05) is 6.54 Å². The Morgan fingerprint density at radius 1 is 0.810 bits per heavy atom. The van der Waals surface area contributed by atoms with E-state index in [1.807, 2.05) is 24.3 Å². The summed E-state index contributed by atoms with van der Waals surface area (Å²) < 4.78 is 0. The van der Waals surface area contributed by atoms with Crippen molar-refractivity contribution in [2.45, 2.75) is 75.5 Å². The number of aromatic nitrogens is 1. The first-order valence-electron chi connectivity index (χ1n) is 13.6. The van der Waals surface area contributed by atoms with E-state index in [4.69, 9.17) is 22.3 Å². The molecule has 0 bridgehead atoms. The molecule has 42 heavy (non-hydrogen) atoms. The van der Waals surface area contributed by atoms with Gasteiger partial charge in [-0.15, -0.1) is 0 Å². The fraction of sp³-hybridized carbons (Fsp3) is 0.481. The smallest absolute Gasteiger partial charge is 0.326 e.